The maximum absolute atomic E-state index is 11.1. The van der Waals surface area contributed by atoms with Gasteiger partial charge in [-0.25, -0.2) is 4.79 Å². The average molecular weight is 210 g/mol. The van der Waals surface area contributed by atoms with Gasteiger partial charge in [0.25, 0.3) is 0 Å². The van der Waals surface area contributed by atoms with E-state index in [2.05, 4.69) is 22.5 Å². The van der Waals surface area contributed by atoms with E-state index in [0.717, 1.165) is 19.4 Å². The van der Waals surface area contributed by atoms with E-state index in [0.29, 0.717) is 6.61 Å². The molecule has 15 heavy (non-hydrogen) atoms. The first-order valence-corrected chi connectivity index (χ1v) is 5.41. The number of ether oxygens (including phenoxy) is 1. The lowest BCUT2D eigenvalue weighted by Crippen LogP contribution is -2.36. The number of nitrogens with one attached hydrogen (secondary N) is 2. The molecule has 1 rings (SSSR count). The van der Waals surface area contributed by atoms with Gasteiger partial charge in [-0.3, -0.25) is 0 Å². The number of carbonyl (C=O) groups is 1. The fourth-order valence-electron chi connectivity index (χ4n) is 1.52. The van der Waals surface area contributed by atoms with Gasteiger partial charge in [-0.15, -0.1) is 5.92 Å². The second kappa shape index (κ2) is 6.31. The van der Waals surface area contributed by atoms with E-state index in [1.54, 1.807) is 6.92 Å². The normalized spacial score (nSPS) is 24.1. The van der Waals surface area contributed by atoms with Crippen LogP contribution in [0.2, 0.25) is 0 Å². The van der Waals surface area contributed by atoms with E-state index < -0.39 is 0 Å². The van der Waals surface area contributed by atoms with E-state index in [4.69, 9.17) is 4.74 Å². The molecule has 1 unspecified atom stereocenters. The van der Waals surface area contributed by atoms with Crippen LogP contribution in [0, 0.1) is 11.8 Å². The molecule has 0 spiro atoms. The summed E-state index contributed by atoms with van der Waals surface area (Å²) in [7, 11) is 0. The number of amides is 1. The topological polar surface area (TPSA) is 50.4 Å². The SMILES string of the molecule is CCC#CC1C[C@@H](NC(=O)OCC)CN1. The van der Waals surface area contributed by atoms with Crippen LogP contribution in [0.25, 0.3) is 0 Å². The summed E-state index contributed by atoms with van der Waals surface area (Å²) >= 11 is 0. The molecule has 2 atom stereocenters. The highest BCUT2D eigenvalue weighted by molar-refractivity contribution is 5.67. The summed E-state index contributed by atoms with van der Waals surface area (Å²) in [4.78, 5) is 11.1. The Hall–Kier alpha value is -1.21. The van der Waals surface area contributed by atoms with Crippen molar-refractivity contribution in [2.45, 2.75) is 38.8 Å². The van der Waals surface area contributed by atoms with Crippen molar-refractivity contribution in [1.29, 1.82) is 0 Å². The minimum atomic E-state index is -0.339. The Morgan fingerprint density at radius 1 is 1.60 bits per heavy atom. The van der Waals surface area contributed by atoms with E-state index in [9.17, 15) is 4.79 Å². The fourth-order valence-corrected chi connectivity index (χ4v) is 1.52. The van der Waals surface area contributed by atoms with Gasteiger partial charge >= 0.3 is 6.09 Å². The fraction of sp³-hybridized carbons (Fsp3) is 0.727. The molecule has 2 N–H and O–H groups in total. The van der Waals surface area contributed by atoms with Crippen LogP contribution in [0.15, 0.2) is 0 Å². The predicted octanol–water partition coefficient (Wildman–Crippen LogP) is 0.876. The van der Waals surface area contributed by atoms with E-state index in [1.807, 2.05) is 6.92 Å². The van der Waals surface area contributed by atoms with Gasteiger partial charge in [-0.1, -0.05) is 12.8 Å². The zero-order valence-electron chi connectivity index (χ0n) is 9.30. The molecular formula is C11H18N2O2. The molecule has 1 aliphatic heterocycles. The summed E-state index contributed by atoms with van der Waals surface area (Å²) in [5.41, 5.74) is 0. The van der Waals surface area contributed by atoms with Gasteiger partial charge < -0.3 is 15.4 Å². The Morgan fingerprint density at radius 3 is 3.07 bits per heavy atom. The second-order valence-corrected chi connectivity index (χ2v) is 3.43. The molecular weight excluding hydrogens is 192 g/mol. The molecule has 1 fully saturated rings. The van der Waals surface area contributed by atoms with Gasteiger partial charge in [0.15, 0.2) is 0 Å². The van der Waals surface area contributed by atoms with Crippen molar-refractivity contribution in [3.63, 3.8) is 0 Å². The third-order valence-corrected chi connectivity index (χ3v) is 2.18. The Balaban J connectivity index is 2.27. The molecule has 4 nitrogen and oxygen atoms in total. The molecule has 1 heterocycles. The molecule has 1 saturated heterocycles. The predicted molar refractivity (Wildman–Crippen MR) is 58.4 cm³/mol. The lowest BCUT2D eigenvalue weighted by molar-refractivity contribution is 0.148. The first-order chi connectivity index (χ1) is 7.26. The summed E-state index contributed by atoms with van der Waals surface area (Å²) in [6, 6.07) is 0.345. The van der Waals surface area contributed by atoms with Crippen LogP contribution < -0.4 is 10.6 Å². The average Bonchev–Trinajstić information content (AvgIpc) is 2.63. The first-order valence-electron chi connectivity index (χ1n) is 5.41. The quantitative estimate of drug-likeness (QED) is 0.665. The third kappa shape index (κ3) is 4.22. The van der Waals surface area contributed by atoms with Gasteiger partial charge in [0.2, 0.25) is 0 Å². The highest BCUT2D eigenvalue weighted by Crippen LogP contribution is 2.05. The van der Waals surface area contributed by atoms with Crippen LogP contribution in [-0.4, -0.2) is 31.3 Å². The summed E-state index contributed by atoms with van der Waals surface area (Å²) in [6.07, 6.45) is 1.38. The second-order valence-electron chi connectivity index (χ2n) is 3.43. The lowest BCUT2D eigenvalue weighted by atomic mass is 10.2. The molecule has 4 heteroatoms. The largest absolute Gasteiger partial charge is 0.450 e. The van der Waals surface area contributed by atoms with E-state index in [1.165, 1.54) is 0 Å². The van der Waals surface area contributed by atoms with Crippen LogP contribution >= 0.6 is 0 Å². The highest BCUT2D eigenvalue weighted by atomic mass is 16.5. The van der Waals surface area contributed by atoms with Crippen molar-refractivity contribution in [3.05, 3.63) is 0 Å². The minimum Gasteiger partial charge on any atom is -0.450 e. The standard InChI is InChI=1S/C11H18N2O2/c1-3-5-6-9-7-10(8-12-9)13-11(14)15-4-2/h9-10,12H,3-4,7-8H2,1-2H3,(H,13,14)/t9?,10-/m1/s1. The number of rotatable bonds is 2. The minimum absolute atomic E-state index is 0.139. The summed E-state index contributed by atoms with van der Waals surface area (Å²) < 4.78 is 4.81. The molecule has 0 bridgehead atoms. The summed E-state index contributed by atoms with van der Waals surface area (Å²) in [5.74, 6) is 6.15. The van der Waals surface area contributed by atoms with Gasteiger partial charge in [0.1, 0.15) is 0 Å². The molecule has 0 saturated carbocycles. The number of carbonyl (C=O) groups excluding carboxylic acids is 1. The molecule has 84 valence electrons. The van der Waals surface area contributed by atoms with Crippen molar-refractivity contribution in [1.82, 2.24) is 10.6 Å². The maximum Gasteiger partial charge on any atom is 0.407 e. The van der Waals surface area contributed by atoms with Crippen LogP contribution in [0.3, 0.4) is 0 Å². The lowest BCUT2D eigenvalue weighted by Gasteiger charge is -2.10. The van der Waals surface area contributed by atoms with Crippen LogP contribution in [0.1, 0.15) is 26.7 Å². The molecule has 0 aliphatic carbocycles. The van der Waals surface area contributed by atoms with E-state index >= 15 is 0 Å². The first kappa shape index (κ1) is 11.9. The third-order valence-electron chi connectivity index (χ3n) is 2.18. The van der Waals surface area contributed by atoms with Crippen molar-refractivity contribution >= 4 is 6.09 Å². The van der Waals surface area contributed by atoms with Crippen molar-refractivity contribution in [2.75, 3.05) is 13.2 Å². The molecule has 1 amide bonds. The molecule has 0 aromatic carbocycles. The number of hydrogen-bond donors (Lipinski definition) is 2. The monoisotopic (exact) mass is 210 g/mol. The molecule has 0 radical (unpaired) electrons. The van der Waals surface area contributed by atoms with Gasteiger partial charge in [-0.05, 0) is 13.3 Å². The number of hydrogen-bond acceptors (Lipinski definition) is 3. The van der Waals surface area contributed by atoms with Crippen molar-refractivity contribution in [2.24, 2.45) is 0 Å². The van der Waals surface area contributed by atoms with Gasteiger partial charge in [0.05, 0.1) is 12.6 Å². The van der Waals surface area contributed by atoms with Crippen molar-refractivity contribution in [3.8, 4) is 11.8 Å². The van der Waals surface area contributed by atoms with E-state index in [-0.39, 0.29) is 18.2 Å². The van der Waals surface area contributed by atoms with Crippen LogP contribution in [0.5, 0.6) is 0 Å². The van der Waals surface area contributed by atoms with Gasteiger partial charge in [-0.2, -0.15) is 0 Å². The van der Waals surface area contributed by atoms with Crippen LogP contribution in [0.4, 0.5) is 4.79 Å². The molecule has 1 aliphatic rings. The van der Waals surface area contributed by atoms with Crippen LogP contribution in [-0.2, 0) is 4.74 Å². The summed E-state index contributed by atoms with van der Waals surface area (Å²) in [6.45, 7) is 4.99. The molecule has 0 aromatic heterocycles. The smallest absolute Gasteiger partial charge is 0.407 e. The zero-order valence-corrected chi connectivity index (χ0v) is 9.30. The van der Waals surface area contributed by atoms with Crippen molar-refractivity contribution < 1.29 is 9.53 Å². The summed E-state index contributed by atoms with van der Waals surface area (Å²) in [5, 5.41) is 6.04. The Kier molecular flexibility index (Phi) is 4.99. The Labute approximate surface area is 90.8 Å². The Bertz CT molecular complexity index is 267. The zero-order chi connectivity index (χ0) is 11.1. The van der Waals surface area contributed by atoms with Gasteiger partial charge in [0, 0.05) is 19.0 Å². The highest BCUT2D eigenvalue weighted by Gasteiger charge is 2.24. The maximum atomic E-state index is 11.1. The molecule has 0 aromatic rings. The number of alkyl carbamates (subject to hydrolysis) is 1. The Morgan fingerprint density at radius 2 is 2.40 bits per heavy atom.